The Morgan fingerprint density at radius 1 is 0.550 bits per heavy atom. The number of carbonyl (C=O) groups is 4. The zero-order chi connectivity index (χ0) is 42.6. The van der Waals surface area contributed by atoms with Crippen molar-refractivity contribution >= 4 is 56.1 Å². The molecule has 0 aliphatic heterocycles. The highest BCUT2D eigenvalue weighted by molar-refractivity contribution is 6.23. The number of rotatable bonds is 31. The number of aliphatic carboxylic acids is 2. The van der Waals surface area contributed by atoms with E-state index < -0.39 is 11.9 Å². The number of nitrogens with zero attached hydrogens (tertiary/aromatic N) is 1. The van der Waals surface area contributed by atoms with Gasteiger partial charge in [0.25, 0.3) is 0 Å². The summed E-state index contributed by atoms with van der Waals surface area (Å²) in [7, 11) is 0. The van der Waals surface area contributed by atoms with Gasteiger partial charge in [0.1, 0.15) is 0 Å². The second-order valence-corrected chi connectivity index (χ2v) is 15.3. The molecule has 322 valence electrons. The van der Waals surface area contributed by atoms with Crippen molar-refractivity contribution in [2.45, 2.75) is 109 Å². The molecule has 0 aliphatic carbocycles. The van der Waals surface area contributed by atoms with Crippen LogP contribution in [0.15, 0.2) is 54.6 Å². The summed E-state index contributed by atoms with van der Waals surface area (Å²) in [6.07, 6.45) is 15.7. The van der Waals surface area contributed by atoms with E-state index in [1.54, 1.807) is 0 Å². The van der Waals surface area contributed by atoms with Crippen LogP contribution in [-0.2, 0) is 35.2 Å². The molecule has 11 nitrogen and oxygen atoms in total. The smallest absolute Gasteiger partial charge is 0.317 e. The van der Waals surface area contributed by atoms with Gasteiger partial charge in [-0.1, -0.05) is 106 Å². The molecule has 0 spiro atoms. The molecule has 0 saturated heterocycles. The predicted molar refractivity (Wildman–Crippen MR) is 238 cm³/mol. The molecule has 0 atom stereocenters. The second-order valence-electron chi connectivity index (χ2n) is 15.3. The van der Waals surface area contributed by atoms with Crippen LogP contribution in [0.25, 0.3) is 32.3 Å². The Morgan fingerprint density at radius 2 is 1.02 bits per heavy atom. The van der Waals surface area contributed by atoms with Crippen LogP contribution in [0.4, 0.5) is 0 Å². The lowest BCUT2D eigenvalue weighted by molar-refractivity contribution is -0.142. The summed E-state index contributed by atoms with van der Waals surface area (Å²) in [5.74, 6) is 10.3. The Labute approximate surface area is 355 Å². The van der Waals surface area contributed by atoms with E-state index in [-0.39, 0.29) is 38.1 Å². The largest absolute Gasteiger partial charge is 0.480 e. The molecule has 4 N–H and O–H groups in total. The van der Waals surface area contributed by atoms with Gasteiger partial charge in [-0.3, -0.25) is 24.1 Å². The van der Waals surface area contributed by atoms with E-state index in [9.17, 15) is 19.2 Å². The lowest BCUT2D eigenvalue weighted by Gasteiger charge is -2.17. The maximum absolute atomic E-state index is 12.5. The summed E-state index contributed by atoms with van der Waals surface area (Å²) in [5, 5.41) is 31.2. The van der Waals surface area contributed by atoms with Crippen LogP contribution in [0, 0.1) is 23.7 Å². The van der Waals surface area contributed by atoms with Crippen LogP contribution in [0.3, 0.4) is 0 Å². The minimum Gasteiger partial charge on any atom is -0.480 e. The van der Waals surface area contributed by atoms with Crippen molar-refractivity contribution in [3.8, 4) is 23.7 Å². The van der Waals surface area contributed by atoms with Gasteiger partial charge in [0.15, 0.2) is 0 Å². The van der Waals surface area contributed by atoms with Crippen molar-refractivity contribution in [1.82, 2.24) is 15.5 Å². The van der Waals surface area contributed by atoms with Gasteiger partial charge < -0.3 is 30.3 Å². The highest BCUT2D eigenvalue weighted by Gasteiger charge is 2.13. The first-order valence-corrected chi connectivity index (χ1v) is 21.8. The van der Waals surface area contributed by atoms with Crippen molar-refractivity contribution < 1.29 is 38.9 Å². The van der Waals surface area contributed by atoms with E-state index in [4.69, 9.17) is 19.7 Å². The monoisotopic (exact) mass is 821 g/mol. The maximum Gasteiger partial charge on any atom is 0.317 e. The Morgan fingerprint density at radius 3 is 1.57 bits per heavy atom. The van der Waals surface area contributed by atoms with Crippen LogP contribution in [0.1, 0.15) is 108 Å². The SMILES string of the molecule is O=C(O)CN(CCOCCOCCNC(=O)CCCCCCCCC#CC#CCCCCCCCCC(=O)NCc1cc2ccc3cccc4ccc(c1)c2c34)CC(=O)O. The van der Waals surface area contributed by atoms with E-state index in [0.29, 0.717) is 45.8 Å². The average Bonchev–Trinajstić information content (AvgIpc) is 3.23. The van der Waals surface area contributed by atoms with E-state index in [0.717, 1.165) is 89.0 Å². The molecule has 0 heterocycles. The minimum absolute atomic E-state index is 0.0182. The summed E-state index contributed by atoms with van der Waals surface area (Å²) >= 11 is 0. The molecule has 0 fully saturated rings. The summed E-state index contributed by atoms with van der Waals surface area (Å²) < 4.78 is 10.8. The first kappa shape index (κ1) is 47.5. The first-order chi connectivity index (χ1) is 29.3. The third kappa shape index (κ3) is 18.8. The quantitative estimate of drug-likeness (QED) is 0.0224. The van der Waals surface area contributed by atoms with Crippen LogP contribution in [-0.4, -0.2) is 91.5 Å². The van der Waals surface area contributed by atoms with Crippen molar-refractivity contribution in [2.75, 3.05) is 52.6 Å². The molecule has 4 aromatic rings. The van der Waals surface area contributed by atoms with Crippen molar-refractivity contribution in [1.29, 1.82) is 0 Å². The third-order valence-corrected chi connectivity index (χ3v) is 10.4. The Balaban J connectivity index is 0.873. The maximum atomic E-state index is 12.5. The molecule has 2 amide bonds. The van der Waals surface area contributed by atoms with Crippen LogP contribution >= 0.6 is 0 Å². The van der Waals surface area contributed by atoms with E-state index in [1.807, 2.05) is 0 Å². The van der Waals surface area contributed by atoms with Crippen LogP contribution in [0.5, 0.6) is 0 Å². The van der Waals surface area contributed by atoms with Gasteiger partial charge >= 0.3 is 11.9 Å². The van der Waals surface area contributed by atoms with Gasteiger partial charge in [-0.25, -0.2) is 0 Å². The van der Waals surface area contributed by atoms with Crippen molar-refractivity contribution in [2.24, 2.45) is 0 Å². The lowest BCUT2D eigenvalue weighted by atomic mass is 9.93. The minimum atomic E-state index is -1.09. The molecule has 0 saturated carbocycles. The molecule has 60 heavy (non-hydrogen) atoms. The number of nitrogens with one attached hydrogen (secondary N) is 2. The van der Waals surface area contributed by atoms with Crippen LogP contribution < -0.4 is 10.6 Å². The fourth-order valence-corrected chi connectivity index (χ4v) is 7.30. The van der Waals surface area contributed by atoms with Gasteiger partial charge in [0, 0.05) is 45.3 Å². The number of amides is 2. The zero-order valence-electron chi connectivity index (χ0n) is 35.2. The molecule has 0 bridgehead atoms. The number of carboxylic acid groups (broad SMARTS) is 2. The summed E-state index contributed by atoms with van der Waals surface area (Å²) in [6, 6.07) is 19.6. The highest BCUT2D eigenvalue weighted by atomic mass is 16.5. The standard InChI is InChI=1S/C49H63N3O8/c53-44(50-28-30-59-32-33-60-31-29-52(37-46(55)56)38-47(57)58)22-17-15-13-11-9-7-5-3-1-2-4-6-8-10-12-14-16-18-23-45(54)51-36-39-34-42-26-24-40-20-19-21-41-25-27-43(35-39)49(42)48(40)41/h19-21,24-27,34-35H,5-18,22-23,28-33,36-38H2,(H,50,53)(H,51,54)(H,55,56)(H,57,58). The van der Waals surface area contributed by atoms with Gasteiger partial charge in [0.2, 0.25) is 11.8 Å². The zero-order valence-corrected chi connectivity index (χ0v) is 35.2. The first-order valence-electron chi connectivity index (χ1n) is 21.8. The summed E-state index contributed by atoms with van der Waals surface area (Å²) in [5.41, 5.74) is 1.13. The number of benzene rings is 4. The van der Waals surface area contributed by atoms with Crippen molar-refractivity contribution in [3.05, 3.63) is 60.2 Å². The highest BCUT2D eigenvalue weighted by Crippen LogP contribution is 2.35. The topological polar surface area (TPSA) is 154 Å². The number of carbonyl (C=O) groups excluding carboxylic acids is 2. The van der Waals surface area contributed by atoms with Gasteiger partial charge in [-0.05, 0) is 87.5 Å². The molecule has 4 aromatic carbocycles. The van der Waals surface area contributed by atoms with E-state index in [2.05, 4.69) is 88.9 Å². The number of ether oxygens (including phenoxy) is 2. The fourth-order valence-electron chi connectivity index (χ4n) is 7.30. The van der Waals surface area contributed by atoms with Gasteiger partial charge in [-0.2, -0.15) is 0 Å². The molecular weight excluding hydrogens is 759 g/mol. The van der Waals surface area contributed by atoms with Crippen molar-refractivity contribution in [3.63, 3.8) is 0 Å². The second kappa shape index (κ2) is 28.3. The molecule has 0 unspecified atom stereocenters. The van der Waals surface area contributed by atoms with E-state index >= 15 is 0 Å². The third-order valence-electron chi connectivity index (χ3n) is 10.4. The number of unbranched alkanes of at least 4 members (excludes halogenated alkanes) is 12. The molecule has 0 aromatic heterocycles. The van der Waals surface area contributed by atoms with Gasteiger partial charge in [-0.15, -0.1) is 0 Å². The summed E-state index contributed by atoms with van der Waals surface area (Å²) in [6.45, 7) is 1.65. The Hall–Kier alpha value is -5.20. The molecule has 11 heteroatoms. The van der Waals surface area contributed by atoms with Gasteiger partial charge in [0.05, 0.1) is 39.5 Å². The van der Waals surface area contributed by atoms with E-state index in [1.165, 1.54) is 43.6 Å². The normalized spacial score (nSPS) is 11.1. The number of hydrogen-bond acceptors (Lipinski definition) is 7. The number of hydrogen-bond donors (Lipinski definition) is 4. The fraction of sp³-hybridized carbons (Fsp3) is 0.510. The Bertz CT molecular complexity index is 1980. The molecule has 0 radical (unpaired) electrons. The Kier molecular flexibility index (Phi) is 22.4. The average molecular weight is 822 g/mol. The molecular formula is C49H63N3O8. The molecule has 0 aliphatic rings. The summed E-state index contributed by atoms with van der Waals surface area (Å²) in [4.78, 5) is 47.4. The molecule has 4 rings (SSSR count). The predicted octanol–water partition coefficient (Wildman–Crippen LogP) is 8.07. The lowest BCUT2D eigenvalue weighted by Crippen LogP contribution is -2.37. The van der Waals surface area contributed by atoms with Crippen LogP contribution in [0.2, 0.25) is 0 Å². The number of carboxylic acids is 2.